The molecule has 0 spiro atoms. The van der Waals surface area contributed by atoms with Crippen LogP contribution < -0.4 is 0 Å². The Kier molecular flexibility index (Phi) is 4.70. The number of H-pyrrole nitrogens is 1. The fourth-order valence-electron chi connectivity index (χ4n) is 3.44. The summed E-state index contributed by atoms with van der Waals surface area (Å²) in [5.41, 5.74) is 3.78. The molecule has 3 aromatic heterocycles. The molecule has 1 fully saturated rings. The predicted octanol–water partition coefficient (Wildman–Crippen LogP) is 2.77. The van der Waals surface area contributed by atoms with Crippen molar-refractivity contribution in [1.29, 1.82) is 0 Å². The fourth-order valence-corrected chi connectivity index (χ4v) is 3.44. The van der Waals surface area contributed by atoms with Crippen LogP contribution in [0, 0.1) is 13.8 Å². The molecule has 0 aliphatic carbocycles. The molecule has 1 aliphatic heterocycles. The minimum atomic E-state index is -0.163. The van der Waals surface area contributed by atoms with Gasteiger partial charge in [0.1, 0.15) is 11.7 Å². The summed E-state index contributed by atoms with van der Waals surface area (Å²) in [6.45, 7) is 4.72. The minimum Gasteiger partial charge on any atom is -0.337 e. The summed E-state index contributed by atoms with van der Waals surface area (Å²) in [5, 5.41) is 11.3. The molecule has 140 valence electrons. The Morgan fingerprint density at radius 1 is 1.37 bits per heavy atom. The highest BCUT2D eigenvalue weighted by Gasteiger charge is 2.34. The van der Waals surface area contributed by atoms with Crippen LogP contribution in [0.1, 0.15) is 48.1 Å². The zero-order valence-electron chi connectivity index (χ0n) is 15.5. The van der Waals surface area contributed by atoms with E-state index < -0.39 is 0 Å². The van der Waals surface area contributed by atoms with Crippen LogP contribution in [0.25, 0.3) is 11.5 Å². The van der Waals surface area contributed by atoms with Gasteiger partial charge in [-0.05, 0) is 44.4 Å². The zero-order chi connectivity index (χ0) is 18.8. The third kappa shape index (κ3) is 3.47. The molecule has 1 amide bonds. The number of rotatable bonds is 5. The average Bonchev–Trinajstić information content (AvgIpc) is 3.42. The van der Waals surface area contributed by atoms with Crippen LogP contribution in [0.4, 0.5) is 0 Å². The average molecular weight is 366 g/mol. The van der Waals surface area contributed by atoms with Gasteiger partial charge in [-0.3, -0.25) is 14.9 Å². The number of nitrogens with one attached hydrogen (secondary N) is 1. The first kappa shape index (κ1) is 17.4. The number of nitrogens with zero attached hydrogens (tertiary/aromatic N) is 5. The smallest absolute Gasteiger partial charge is 0.249 e. The fraction of sp³-hybridized carbons (Fsp3) is 0.421. The summed E-state index contributed by atoms with van der Waals surface area (Å²) in [4.78, 5) is 23.4. The van der Waals surface area contributed by atoms with Gasteiger partial charge in [0.2, 0.25) is 17.6 Å². The van der Waals surface area contributed by atoms with Crippen molar-refractivity contribution in [3.63, 3.8) is 0 Å². The molecular weight excluding hydrogens is 344 g/mol. The van der Waals surface area contributed by atoms with Crippen molar-refractivity contribution in [2.24, 2.45) is 0 Å². The van der Waals surface area contributed by atoms with Crippen LogP contribution in [-0.2, 0) is 11.2 Å². The molecule has 27 heavy (non-hydrogen) atoms. The topological polar surface area (TPSA) is 101 Å². The van der Waals surface area contributed by atoms with E-state index in [4.69, 9.17) is 4.52 Å². The highest BCUT2D eigenvalue weighted by Crippen LogP contribution is 2.32. The number of amides is 1. The van der Waals surface area contributed by atoms with Gasteiger partial charge < -0.3 is 9.42 Å². The molecule has 0 bridgehead atoms. The second-order valence-corrected chi connectivity index (χ2v) is 6.84. The van der Waals surface area contributed by atoms with Crippen LogP contribution in [0.5, 0.6) is 0 Å². The van der Waals surface area contributed by atoms with Crippen molar-refractivity contribution < 1.29 is 9.32 Å². The first-order chi connectivity index (χ1) is 13.1. The normalized spacial score (nSPS) is 16.8. The van der Waals surface area contributed by atoms with Gasteiger partial charge in [-0.1, -0.05) is 11.2 Å². The Bertz CT molecular complexity index is 933. The van der Waals surface area contributed by atoms with Gasteiger partial charge in [0.15, 0.2) is 0 Å². The lowest BCUT2D eigenvalue weighted by atomic mass is 10.1. The Morgan fingerprint density at radius 3 is 3.00 bits per heavy atom. The van der Waals surface area contributed by atoms with Crippen LogP contribution in [0.2, 0.25) is 0 Å². The number of aromatic nitrogens is 5. The molecule has 0 aromatic carbocycles. The van der Waals surface area contributed by atoms with Crippen molar-refractivity contribution in [1.82, 2.24) is 30.2 Å². The Balaban J connectivity index is 1.45. The monoisotopic (exact) mass is 366 g/mol. The lowest BCUT2D eigenvalue weighted by Gasteiger charge is -2.21. The molecule has 4 heterocycles. The van der Waals surface area contributed by atoms with Gasteiger partial charge in [-0.2, -0.15) is 10.1 Å². The molecule has 0 radical (unpaired) electrons. The molecule has 4 rings (SSSR count). The summed E-state index contributed by atoms with van der Waals surface area (Å²) >= 11 is 0. The van der Waals surface area contributed by atoms with Crippen molar-refractivity contribution in [2.45, 2.75) is 45.6 Å². The summed E-state index contributed by atoms with van der Waals surface area (Å²) in [6.07, 6.45) is 4.49. The standard InChI is InChI=1S/C19H22N6O2/c1-12-13(2)22-23-14(12)8-9-17(26)25-11-5-7-16(25)19-21-18(24-27-19)15-6-3-4-10-20-15/h3-4,6,10,16H,5,7-9,11H2,1-2H3,(H,22,23). The number of likely N-dealkylation sites (tertiary alicyclic amines) is 1. The van der Waals surface area contributed by atoms with Gasteiger partial charge in [0.25, 0.3) is 0 Å². The quantitative estimate of drug-likeness (QED) is 0.745. The second kappa shape index (κ2) is 7.30. The molecular formula is C19H22N6O2. The molecule has 3 aromatic rings. The van der Waals surface area contributed by atoms with E-state index >= 15 is 0 Å². The third-order valence-electron chi connectivity index (χ3n) is 5.12. The van der Waals surface area contributed by atoms with Gasteiger partial charge in [0, 0.05) is 31.3 Å². The second-order valence-electron chi connectivity index (χ2n) is 6.84. The Labute approximate surface area is 157 Å². The van der Waals surface area contributed by atoms with Crippen LogP contribution in [0.15, 0.2) is 28.9 Å². The molecule has 1 unspecified atom stereocenters. The van der Waals surface area contributed by atoms with E-state index in [0.717, 1.165) is 29.8 Å². The SMILES string of the molecule is Cc1[nH]nc(CCC(=O)N2CCCC2c2nc(-c3ccccn3)no2)c1C. The molecule has 0 saturated carbocycles. The van der Waals surface area contributed by atoms with E-state index in [9.17, 15) is 4.79 Å². The zero-order valence-corrected chi connectivity index (χ0v) is 15.5. The van der Waals surface area contributed by atoms with Crippen LogP contribution in [0.3, 0.4) is 0 Å². The maximum atomic E-state index is 12.8. The predicted molar refractivity (Wildman–Crippen MR) is 97.6 cm³/mol. The lowest BCUT2D eigenvalue weighted by Crippen LogP contribution is -2.31. The minimum absolute atomic E-state index is 0.0927. The maximum Gasteiger partial charge on any atom is 0.249 e. The van der Waals surface area contributed by atoms with Crippen molar-refractivity contribution >= 4 is 5.91 Å². The third-order valence-corrected chi connectivity index (χ3v) is 5.12. The number of aromatic amines is 1. The Morgan fingerprint density at radius 2 is 2.26 bits per heavy atom. The van der Waals surface area contributed by atoms with Gasteiger partial charge in [-0.25, -0.2) is 0 Å². The summed E-state index contributed by atoms with van der Waals surface area (Å²) < 4.78 is 5.46. The molecule has 8 nitrogen and oxygen atoms in total. The van der Waals surface area contributed by atoms with Crippen molar-refractivity contribution in [3.05, 3.63) is 47.2 Å². The molecule has 1 atom stereocenters. The van der Waals surface area contributed by atoms with E-state index in [0.29, 0.717) is 36.8 Å². The molecule has 1 N–H and O–H groups in total. The first-order valence-corrected chi connectivity index (χ1v) is 9.18. The van der Waals surface area contributed by atoms with Crippen LogP contribution >= 0.6 is 0 Å². The Hall–Kier alpha value is -3.03. The number of hydrogen-bond donors (Lipinski definition) is 1. The van der Waals surface area contributed by atoms with E-state index in [-0.39, 0.29) is 11.9 Å². The lowest BCUT2D eigenvalue weighted by molar-refractivity contribution is -0.132. The largest absolute Gasteiger partial charge is 0.337 e. The number of hydrogen-bond acceptors (Lipinski definition) is 6. The molecule has 1 aliphatic rings. The number of carbonyl (C=O) groups excluding carboxylic acids is 1. The summed E-state index contributed by atoms with van der Waals surface area (Å²) in [7, 11) is 0. The highest BCUT2D eigenvalue weighted by atomic mass is 16.5. The van der Waals surface area contributed by atoms with E-state index in [1.54, 1.807) is 6.20 Å². The van der Waals surface area contributed by atoms with Gasteiger partial charge in [0.05, 0.1) is 5.69 Å². The molecule has 1 saturated heterocycles. The number of aryl methyl sites for hydroxylation is 2. The van der Waals surface area contributed by atoms with Crippen LogP contribution in [-0.4, -0.2) is 42.7 Å². The number of carbonyl (C=O) groups is 1. The van der Waals surface area contributed by atoms with E-state index in [2.05, 4.69) is 25.3 Å². The van der Waals surface area contributed by atoms with Gasteiger partial charge >= 0.3 is 0 Å². The van der Waals surface area contributed by atoms with Crippen molar-refractivity contribution in [2.75, 3.05) is 6.54 Å². The summed E-state index contributed by atoms with van der Waals surface area (Å²) in [5.74, 6) is 1.02. The van der Waals surface area contributed by atoms with E-state index in [1.165, 1.54) is 0 Å². The van der Waals surface area contributed by atoms with E-state index in [1.807, 2.05) is 36.9 Å². The maximum absolute atomic E-state index is 12.8. The first-order valence-electron chi connectivity index (χ1n) is 9.18. The number of pyridine rings is 1. The summed E-state index contributed by atoms with van der Waals surface area (Å²) in [6, 6.07) is 5.39. The molecule has 8 heteroatoms. The highest BCUT2D eigenvalue weighted by molar-refractivity contribution is 5.77. The van der Waals surface area contributed by atoms with Gasteiger partial charge in [-0.15, -0.1) is 0 Å². The van der Waals surface area contributed by atoms with Crippen molar-refractivity contribution in [3.8, 4) is 11.5 Å².